The van der Waals surface area contributed by atoms with Gasteiger partial charge in [0.2, 0.25) is 5.82 Å². The SMILES string of the molecule is CC(C)(C)Sc1ccc(-c2ccccc2-c2nn[nH]n2)cc1NC(=O)c1ccccc1. The molecule has 0 bridgehead atoms. The van der Waals surface area contributed by atoms with Crippen molar-refractivity contribution < 1.29 is 4.79 Å². The van der Waals surface area contributed by atoms with Gasteiger partial charge in [-0.25, -0.2) is 0 Å². The van der Waals surface area contributed by atoms with Crippen molar-refractivity contribution >= 4 is 23.4 Å². The molecule has 0 aliphatic rings. The largest absolute Gasteiger partial charge is 0.321 e. The molecule has 1 amide bonds. The zero-order valence-corrected chi connectivity index (χ0v) is 18.4. The number of rotatable bonds is 5. The highest BCUT2D eigenvalue weighted by atomic mass is 32.2. The summed E-state index contributed by atoms with van der Waals surface area (Å²) in [7, 11) is 0. The molecule has 1 heterocycles. The Morgan fingerprint density at radius 3 is 2.32 bits per heavy atom. The van der Waals surface area contributed by atoms with Crippen LogP contribution in [0, 0.1) is 0 Å². The normalized spacial score (nSPS) is 11.3. The lowest BCUT2D eigenvalue weighted by atomic mass is 9.99. The summed E-state index contributed by atoms with van der Waals surface area (Å²) in [5, 5.41) is 17.5. The van der Waals surface area contributed by atoms with Gasteiger partial charge in [-0.3, -0.25) is 4.79 Å². The molecule has 156 valence electrons. The van der Waals surface area contributed by atoms with Crippen molar-refractivity contribution in [3.05, 3.63) is 78.4 Å². The number of H-pyrrole nitrogens is 1. The zero-order valence-electron chi connectivity index (χ0n) is 17.6. The van der Waals surface area contributed by atoms with E-state index >= 15 is 0 Å². The van der Waals surface area contributed by atoms with Gasteiger partial charge in [-0.2, -0.15) is 5.21 Å². The summed E-state index contributed by atoms with van der Waals surface area (Å²) in [5.41, 5.74) is 4.18. The molecule has 31 heavy (non-hydrogen) atoms. The fraction of sp³-hybridized carbons (Fsp3) is 0.167. The summed E-state index contributed by atoms with van der Waals surface area (Å²) in [6.07, 6.45) is 0. The third-order valence-electron chi connectivity index (χ3n) is 4.50. The van der Waals surface area contributed by atoms with Gasteiger partial charge in [0, 0.05) is 20.8 Å². The predicted molar refractivity (Wildman–Crippen MR) is 125 cm³/mol. The first-order valence-electron chi connectivity index (χ1n) is 9.93. The number of thioether (sulfide) groups is 1. The first kappa shape index (κ1) is 20.8. The number of anilines is 1. The Labute approximate surface area is 185 Å². The molecular weight excluding hydrogens is 406 g/mol. The Hall–Kier alpha value is -3.45. The van der Waals surface area contributed by atoms with Gasteiger partial charge in [0.05, 0.1) is 5.69 Å². The van der Waals surface area contributed by atoms with Gasteiger partial charge >= 0.3 is 0 Å². The Bertz CT molecular complexity index is 1180. The van der Waals surface area contributed by atoms with Crippen molar-refractivity contribution in [3.8, 4) is 22.5 Å². The average molecular weight is 430 g/mol. The summed E-state index contributed by atoms with van der Waals surface area (Å²) < 4.78 is -0.00369. The van der Waals surface area contributed by atoms with Gasteiger partial charge in [0.25, 0.3) is 5.91 Å². The number of aromatic nitrogens is 4. The van der Waals surface area contributed by atoms with Crippen molar-refractivity contribution in [2.45, 2.75) is 30.4 Å². The maximum Gasteiger partial charge on any atom is 0.255 e. The number of benzene rings is 3. The first-order valence-corrected chi connectivity index (χ1v) is 10.7. The number of carbonyl (C=O) groups excluding carboxylic acids is 1. The molecule has 4 rings (SSSR count). The molecule has 0 atom stereocenters. The van der Waals surface area contributed by atoms with Gasteiger partial charge in [0.15, 0.2) is 0 Å². The summed E-state index contributed by atoms with van der Waals surface area (Å²) in [6.45, 7) is 6.46. The second kappa shape index (κ2) is 8.73. The Morgan fingerprint density at radius 2 is 1.65 bits per heavy atom. The van der Waals surface area contributed by atoms with E-state index in [1.54, 1.807) is 23.9 Å². The van der Waals surface area contributed by atoms with Crippen LogP contribution in [0.4, 0.5) is 5.69 Å². The number of nitrogens with zero attached hydrogens (tertiary/aromatic N) is 3. The highest BCUT2D eigenvalue weighted by Crippen LogP contribution is 2.40. The third kappa shape index (κ3) is 5.00. The summed E-state index contributed by atoms with van der Waals surface area (Å²) in [4.78, 5) is 13.9. The van der Waals surface area contributed by atoms with Crippen molar-refractivity contribution in [3.63, 3.8) is 0 Å². The molecule has 4 aromatic rings. The molecule has 0 aliphatic carbocycles. The van der Waals surface area contributed by atoms with E-state index in [1.807, 2.05) is 48.5 Å². The number of nitrogens with one attached hydrogen (secondary N) is 2. The average Bonchev–Trinajstić information content (AvgIpc) is 3.29. The smallest absolute Gasteiger partial charge is 0.255 e. The topological polar surface area (TPSA) is 83.6 Å². The van der Waals surface area contributed by atoms with E-state index in [1.165, 1.54) is 0 Å². The highest BCUT2D eigenvalue weighted by Gasteiger charge is 2.18. The Balaban J connectivity index is 1.76. The molecule has 0 fully saturated rings. The predicted octanol–water partition coefficient (Wildman–Crippen LogP) is 5.68. The summed E-state index contributed by atoms with van der Waals surface area (Å²) >= 11 is 1.72. The van der Waals surface area contributed by atoms with Gasteiger partial charge in [0.1, 0.15) is 0 Å². The van der Waals surface area contributed by atoms with Crippen LogP contribution in [0.3, 0.4) is 0 Å². The van der Waals surface area contributed by atoms with Gasteiger partial charge in [-0.05, 0) is 40.6 Å². The number of hydrogen-bond acceptors (Lipinski definition) is 5. The van der Waals surface area contributed by atoms with E-state index in [4.69, 9.17) is 0 Å². The van der Waals surface area contributed by atoms with E-state index in [-0.39, 0.29) is 10.7 Å². The molecule has 3 aromatic carbocycles. The van der Waals surface area contributed by atoms with Crippen LogP contribution in [0.15, 0.2) is 77.7 Å². The van der Waals surface area contributed by atoms with Crippen LogP contribution in [0.1, 0.15) is 31.1 Å². The van der Waals surface area contributed by atoms with Crippen molar-refractivity contribution in [1.82, 2.24) is 20.6 Å². The van der Waals surface area contributed by atoms with Crippen LogP contribution < -0.4 is 5.32 Å². The quantitative estimate of drug-likeness (QED) is 0.399. The molecule has 0 radical (unpaired) electrons. The standard InChI is InChI=1S/C24H23N5OS/c1-24(2,3)31-21-14-13-17(15-20(21)25-23(30)16-9-5-4-6-10-16)18-11-7-8-12-19(18)22-26-28-29-27-22/h4-15H,1-3H3,(H,25,30)(H,26,27,28,29). The van der Waals surface area contributed by atoms with Gasteiger partial charge in [-0.15, -0.1) is 22.0 Å². The monoisotopic (exact) mass is 429 g/mol. The van der Waals surface area contributed by atoms with E-state index in [9.17, 15) is 4.79 Å². The Kier molecular flexibility index (Phi) is 5.86. The fourth-order valence-corrected chi connectivity index (χ4v) is 4.22. The number of hydrogen-bond donors (Lipinski definition) is 2. The molecule has 2 N–H and O–H groups in total. The lowest BCUT2D eigenvalue weighted by Crippen LogP contribution is -2.14. The molecule has 1 aromatic heterocycles. The molecule has 0 aliphatic heterocycles. The second-order valence-electron chi connectivity index (χ2n) is 8.03. The van der Waals surface area contributed by atoms with E-state index in [0.29, 0.717) is 11.4 Å². The molecule has 0 saturated carbocycles. The van der Waals surface area contributed by atoms with Crippen LogP contribution in [0.2, 0.25) is 0 Å². The molecule has 0 spiro atoms. The number of tetrazole rings is 1. The van der Waals surface area contributed by atoms with Crippen LogP contribution in [-0.4, -0.2) is 31.3 Å². The summed E-state index contributed by atoms with van der Waals surface area (Å²) in [6, 6.07) is 23.2. The van der Waals surface area contributed by atoms with Gasteiger partial charge < -0.3 is 5.32 Å². The molecule has 0 saturated heterocycles. The van der Waals surface area contributed by atoms with Crippen molar-refractivity contribution in [2.75, 3.05) is 5.32 Å². The van der Waals surface area contributed by atoms with Crippen LogP contribution in [0.25, 0.3) is 22.5 Å². The summed E-state index contributed by atoms with van der Waals surface area (Å²) in [5.74, 6) is 0.388. The lowest BCUT2D eigenvalue weighted by molar-refractivity contribution is 0.102. The van der Waals surface area contributed by atoms with Crippen LogP contribution in [-0.2, 0) is 0 Å². The molecular formula is C24H23N5OS. The molecule has 0 unspecified atom stereocenters. The number of carbonyl (C=O) groups is 1. The van der Waals surface area contributed by atoms with E-state index in [0.717, 1.165) is 27.3 Å². The Morgan fingerprint density at radius 1 is 0.935 bits per heavy atom. The highest BCUT2D eigenvalue weighted by molar-refractivity contribution is 8.00. The zero-order chi connectivity index (χ0) is 21.8. The minimum atomic E-state index is -0.139. The minimum Gasteiger partial charge on any atom is -0.321 e. The van der Waals surface area contributed by atoms with Crippen molar-refractivity contribution in [2.24, 2.45) is 0 Å². The lowest BCUT2D eigenvalue weighted by Gasteiger charge is -2.21. The van der Waals surface area contributed by atoms with Crippen LogP contribution >= 0.6 is 11.8 Å². The third-order valence-corrected chi connectivity index (χ3v) is 5.69. The van der Waals surface area contributed by atoms with Gasteiger partial charge in [-0.1, -0.05) is 69.3 Å². The second-order valence-corrected chi connectivity index (χ2v) is 9.90. The fourth-order valence-electron chi connectivity index (χ4n) is 3.20. The molecule has 7 heteroatoms. The minimum absolute atomic E-state index is 0.00369. The first-order chi connectivity index (χ1) is 14.9. The van der Waals surface area contributed by atoms with Crippen LogP contribution in [0.5, 0.6) is 0 Å². The van der Waals surface area contributed by atoms with Crippen molar-refractivity contribution in [1.29, 1.82) is 0 Å². The maximum atomic E-state index is 12.9. The van der Waals surface area contributed by atoms with E-state index in [2.05, 4.69) is 58.8 Å². The number of aromatic amines is 1. The van der Waals surface area contributed by atoms with E-state index < -0.39 is 0 Å². The molecule has 6 nitrogen and oxygen atoms in total. The maximum absolute atomic E-state index is 12.9. The number of amides is 1.